The fraction of sp³-hybridized carbons (Fsp3) is 0.364. The van der Waals surface area contributed by atoms with Gasteiger partial charge in [0.25, 0.3) is 0 Å². The molecule has 1 heterocycles. The molecular weight excluding hydrogens is 210 g/mol. The number of benzene rings is 1. The molecule has 2 rings (SSSR count). The molecule has 0 spiro atoms. The maximum atomic E-state index is 11.0. The van der Waals surface area contributed by atoms with Crippen molar-refractivity contribution in [3.05, 3.63) is 23.8 Å². The number of ether oxygens (including phenoxy) is 2. The highest BCUT2D eigenvalue weighted by atomic mass is 16.5. The summed E-state index contributed by atoms with van der Waals surface area (Å²) in [5.74, 6) is -0.696. The Kier molecular flexibility index (Phi) is 2.96. The fourth-order valence-electron chi connectivity index (χ4n) is 1.60. The zero-order valence-corrected chi connectivity index (χ0v) is 8.68. The fourth-order valence-corrected chi connectivity index (χ4v) is 1.60. The first-order chi connectivity index (χ1) is 7.66. The summed E-state index contributed by atoms with van der Waals surface area (Å²) in [6, 6.07) is 4.60. The number of carboxylic acids is 1. The number of aromatic carboxylic acids is 1. The molecule has 1 aromatic rings. The van der Waals surface area contributed by atoms with E-state index in [1.807, 2.05) is 0 Å². The minimum atomic E-state index is -1.04. The molecule has 1 aromatic carbocycles. The van der Waals surface area contributed by atoms with Gasteiger partial charge in [-0.3, -0.25) is 0 Å². The average Bonchev–Trinajstić information content (AvgIpc) is 2.73. The second kappa shape index (κ2) is 4.40. The Labute approximate surface area is 92.8 Å². The van der Waals surface area contributed by atoms with Gasteiger partial charge in [-0.05, 0) is 18.2 Å². The molecule has 0 aliphatic carbocycles. The van der Waals surface area contributed by atoms with Crippen LogP contribution in [0.3, 0.4) is 0 Å². The molecule has 16 heavy (non-hydrogen) atoms. The Hall–Kier alpha value is -1.75. The van der Waals surface area contributed by atoms with Crippen LogP contribution in [0.5, 0.6) is 5.75 Å². The maximum absolute atomic E-state index is 11.0. The van der Waals surface area contributed by atoms with Crippen LogP contribution in [0.15, 0.2) is 18.2 Å². The van der Waals surface area contributed by atoms with Crippen molar-refractivity contribution in [2.75, 3.05) is 18.9 Å². The van der Waals surface area contributed by atoms with Gasteiger partial charge in [0.1, 0.15) is 17.4 Å². The highest BCUT2D eigenvalue weighted by Crippen LogP contribution is 2.24. The van der Waals surface area contributed by atoms with Crippen molar-refractivity contribution in [3.8, 4) is 5.75 Å². The lowest BCUT2D eigenvalue weighted by Gasteiger charge is -2.14. The second-order valence-electron chi connectivity index (χ2n) is 3.66. The molecule has 0 aromatic heterocycles. The topological polar surface area (TPSA) is 81.8 Å². The van der Waals surface area contributed by atoms with E-state index in [2.05, 4.69) is 0 Å². The molecule has 1 aliphatic heterocycles. The predicted octanol–water partition coefficient (Wildman–Crippen LogP) is 1.13. The molecular formula is C11H13NO4. The number of carbonyl (C=O) groups is 1. The van der Waals surface area contributed by atoms with Crippen LogP contribution in [-0.2, 0) is 4.74 Å². The van der Waals surface area contributed by atoms with Gasteiger partial charge in [0.2, 0.25) is 0 Å². The molecule has 1 atom stereocenters. The molecule has 0 amide bonds. The van der Waals surface area contributed by atoms with E-state index >= 15 is 0 Å². The van der Waals surface area contributed by atoms with Crippen LogP contribution in [0.4, 0.5) is 5.69 Å². The Morgan fingerprint density at radius 1 is 1.56 bits per heavy atom. The van der Waals surface area contributed by atoms with E-state index in [9.17, 15) is 4.79 Å². The maximum Gasteiger partial charge on any atom is 0.339 e. The van der Waals surface area contributed by atoms with Crippen molar-refractivity contribution in [3.63, 3.8) is 0 Å². The summed E-state index contributed by atoms with van der Waals surface area (Å²) in [5.41, 5.74) is 6.03. The van der Waals surface area contributed by atoms with Crippen molar-refractivity contribution in [1.29, 1.82) is 0 Å². The third kappa shape index (κ3) is 2.25. The number of nitrogens with two attached hydrogens (primary N) is 1. The summed E-state index contributed by atoms with van der Waals surface area (Å²) in [7, 11) is 0. The van der Waals surface area contributed by atoms with Gasteiger partial charge in [-0.25, -0.2) is 4.79 Å². The first kappa shape index (κ1) is 10.8. The number of carboxylic acid groups (broad SMARTS) is 1. The standard InChI is InChI=1S/C11H13NO4/c12-7-1-2-10(9(5-7)11(13)14)16-8-3-4-15-6-8/h1-2,5,8H,3-4,6,12H2,(H,13,14). The van der Waals surface area contributed by atoms with Crippen molar-refractivity contribution >= 4 is 11.7 Å². The SMILES string of the molecule is Nc1ccc(OC2CCOC2)c(C(=O)O)c1. The summed E-state index contributed by atoms with van der Waals surface area (Å²) >= 11 is 0. The van der Waals surface area contributed by atoms with Crippen LogP contribution in [-0.4, -0.2) is 30.4 Å². The summed E-state index contributed by atoms with van der Waals surface area (Å²) in [5, 5.41) is 9.00. The van der Waals surface area contributed by atoms with Crippen LogP contribution in [0.2, 0.25) is 0 Å². The average molecular weight is 223 g/mol. The zero-order valence-electron chi connectivity index (χ0n) is 8.68. The summed E-state index contributed by atoms with van der Waals surface area (Å²) in [4.78, 5) is 11.0. The van der Waals surface area contributed by atoms with Gasteiger partial charge < -0.3 is 20.3 Å². The molecule has 86 valence electrons. The van der Waals surface area contributed by atoms with Gasteiger partial charge in [-0.15, -0.1) is 0 Å². The predicted molar refractivity (Wildman–Crippen MR) is 57.7 cm³/mol. The van der Waals surface area contributed by atoms with Crippen molar-refractivity contribution in [2.24, 2.45) is 0 Å². The third-order valence-corrected chi connectivity index (χ3v) is 2.42. The first-order valence-electron chi connectivity index (χ1n) is 5.04. The molecule has 1 fully saturated rings. The molecule has 0 radical (unpaired) electrons. The van der Waals surface area contributed by atoms with Gasteiger partial charge in [0.15, 0.2) is 0 Å². The summed E-state index contributed by atoms with van der Waals surface area (Å²) in [6.07, 6.45) is 0.713. The number of rotatable bonds is 3. The van der Waals surface area contributed by atoms with E-state index in [0.29, 0.717) is 24.7 Å². The van der Waals surface area contributed by atoms with Crippen molar-refractivity contribution < 1.29 is 19.4 Å². The normalized spacial score (nSPS) is 19.6. The largest absolute Gasteiger partial charge is 0.487 e. The zero-order chi connectivity index (χ0) is 11.5. The molecule has 1 aliphatic rings. The van der Waals surface area contributed by atoms with Crippen LogP contribution in [0, 0.1) is 0 Å². The van der Waals surface area contributed by atoms with E-state index in [0.717, 1.165) is 6.42 Å². The molecule has 5 nitrogen and oxygen atoms in total. The van der Waals surface area contributed by atoms with Crippen LogP contribution < -0.4 is 10.5 Å². The van der Waals surface area contributed by atoms with Gasteiger partial charge >= 0.3 is 5.97 Å². The third-order valence-electron chi connectivity index (χ3n) is 2.42. The highest BCUT2D eigenvalue weighted by Gasteiger charge is 2.20. The smallest absolute Gasteiger partial charge is 0.339 e. The Morgan fingerprint density at radius 3 is 3.00 bits per heavy atom. The van der Waals surface area contributed by atoms with E-state index in [-0.39, 0.29) is 11.7 Å². The van der Waals surface area contributed by atoms with E-state index in [4.69, 9.17) is 20.3 Å². The summed E-state index contributed by atoms with van der Waals surface area (Å²) in [6.45, 7) is 1.16. The minimum Gasteiger partial charge on any atom is -0.487 e. The number of anilines is 1. The van der Waals surface area contributed by atoms with Gasteiger partial charge in [0, 0.05) is 12.1 Å². The molecule has 1 saturated heterocycles. The second-order valence-corrected chi connectivity index (χ2v) is 3.66. The van der Waals surface area contributed by atoms with Crippen molar-refractivity contribution in [2.45, 2.75) is 12.5 Å². The summed E-state index contributed by atoms with van der Waals surface area (Å²) < 4.78 is 10.7. The lowest BCUT2D eigenvalue weighted by molar-refractivity contribution is 0.0687. The Bertz CT molecular complexity index is 399. The molecule has 1 unspecified atom stereocenters. The Balaban J connectivity index is 2.21. The number of nitrogen functional groups attached to an aromatic ring is 1. The lowest BCUT2D eigenvalue weighted by atomic mass is 10.1. The van der Waals surface area contributed by atoms with Crippen LogP contribution >= 0.6 is 0 Å². The highest BCUT2D eigenvalue weighted by molar-refractivity contribution is 5.92. The number of hydrogen-bond acceptors (Lipinski definition) is 4. The van der Waals surface area contributed by atoms with Crippen molar-refractivity contribution in [1.82, 2.24) is 0 Å². The van der Waals surface area contributed by atoms with Crippen LogP contribution in [0.25, 0.3) is 0 Å². The molecule has 3 N–H and O–H groups in total. The van der Waals surface area contributed by atoms with E-state index in [1.165, 1.54) is 6.07 Å². The quantitative estimate of drug-likeness (QED) is 0.751. The molecule has 0 bridgehead atoms. The van der Waals surface area contributed by atoms with Gasteiger partial charge in [-0.1, -0.05) is 0 Å². The van der Waals surface area contributed by atoms with Gasteiger partial charge in [0.05, 0.1) is 13.2 Å². The first-order valence-corrected chi connectivity index (χ1v) is 5.04. The molecule has 5 heteroatoms. The van der Waals surface area contributed by atoms with Gasteiger partial charge in [-0.2, -0.15) is 0 Å². The number of hydrogen-bond donors (Lipinski definition) is 2. The van der Waals surface area contributed by atoms with E-state index in [1.54, 1.807) is 12.1 Å². The Morgan fingerprint density at radius 2 is 2.38 bits per heavy atom. The minimum absolute atomic E-state index is 0.0678. The van der Waals surface area contributed by atoms with E-state index < -0.39 is 5.97 Å². The molecule has 0 saturated carbocycles. The monoisotopic (exact) mass is 223 g/mol. The van der Waals surface area contributed by atoms with Crippen LogP contribution in [0.1, 0.15) is 16.8 Å². The lowest BCUT2D eigenvalue weighted by Crippen LogP contribution is -2.17.